The molecule has 0 bridgehead atoms. The lowest BCUT2D eigenvalue weighted by Gasteiger charge is -2.52. The molecule has 3 aliphatic rings. The summed E-state index contributed by atoms with van der Waals surface area (Å²) >= 11 is 0. The first-order valence-electron chi connectivity index (χ1n) is 10.1. The lowest BCUT2D eigenvalue weighted by molar-refractivity contribution is -0.0979. The maximum atomic E-state index is 8.00. The molecule has 1 saturated heterocycles. The van der Waals surface area contributed by atoms with Crippen molar-refractivity contribution in [2.24, 2.45) is 5.41 Å². The van der Waals surface area contributed by atoms with Crippen LogP contribution >= 0.6 is 0 Å². The van der Waals surface area contributed by atoms with E-state index in [1.54, 1.807) is 18.4 Å². The third kappa shape index (κ3) is 3.15. The zero-order chi connectivity index (χ0) is 19.4. The Morgan fingerprint density at radius 3 is 2.67 bits per heavy atom. The third-order valence-electron chi connectivity index (χ3n) is 6.47. The average molecular weight is 369 g/mol. The summed E-state index contributed by atoms with van der Waals surface area (Å²) in [5.41, 5.74) is 5.00. The largest absolute Gasteiger partial charge is 0.385 e. The van der Waals surface area contributed by atoms with Crippen LogP contribution in [0, 0.1) is 5.41 Å². The summed E-state index contributed by atoms with van der Waals surface area (Å²) in [5, 5.41) is 1.48. The van der Waals surface area contributed by atoms with Gasteiger partial charge in [-0.15, -0.1) is 0 Å². The summed E-state index contributed by atoms with van der Waals surface area (Å²) in [6.07, 6.45) is 10.1. The van der Waals surface area contributed by atoms with Gasteiger partial charge in [-0.1, -0.05) is 31.2 Å². The normalized spacial score (nSPS) is 25.1. The van der Waals surface area contributed by atoms with Crippen molar-refractivity contribution in [1.29, 1.82) is 0 Å². The third-order valence-corrected chi connectivity index (χ3v) is 6.47. The van der Waals surface area contributed by atoms with Crippen molar-refractivity contribution in [3.05, 3.63) is 41.6 Å². The maximum Gasteiger partial charge on any atom is 0.106 e. The summed E-state index contributed by atoms with van der Waals surface area (Å²) in [5.74, 6) is 0. The Labute approximate surface area is 162 Å². The van der Waals surface area contributed by atoms with Crippen molar-refractivity contribution in [3.8, 4) is 0 Å². The van der Waals surface area contributed by atoms with Crippen molar-refractivity contribution in [1.82, 2.24) is 9.47 Å². The van der Waals surface area contributed by atoms with Gasteiger partial charge in [0.1, 0.15) is 6.79 Å². The van der Waals surface area contributed by atoms with Gasteiger partial charge in [0.05, 0.1) is 11.6 Å². The standard InChI is InChI=1S/C19H22N2.C3H8O.CH2O/c1-2-19-9-5-11-20-12-8-15-14-6-3-4-7-16(14)21(13-10-19)17(15)18(19)20;1-3-4-2;1-2/h3-4,6-7,10,13,18H,2,5,8-9,11-12H2,1H3;3H2,1-2H3;1H2/t18-,19+;;/m1../s1. The number of methoxy groups -OCH3 is 1. The van der Waals surface area contributed by atoms with Gasteiger partial charge in [-0.3, -0.25) is 4.90 Å². The van der Waals surface area contributed by atoms with Crippen LogP contribution < -0.4 is 0 Å². The number of rotatable bonds is 2. The van der Waals surface area contributed by atoms with Crippen LogP contribution in [0.1, 0.15) is 50.4 Å². The van der Waals surface area contributed by atoms with Gasteiger partial charge in [0.2, 0.25) is 0 Å². The molecule has 4 heteroatoms. The zero-order valence-electron chi connectivity index (χ0n) is 16.9. The summed E-state index contributed by atoms with van der Waals surface area (Å²) in [7, 11) is 1.68. The number of aromatic nitrogens is 1. The molecule has 5 rings (SSSR count). The van der Waals surface area contributed by atoms with Gasteiger partial charge in [-0.05, 0) is 50.8 Å². The molecule has 4 heterocycles. The van der Waals surface area contributed by atoms with E-state index in [2.05, 4.69) is 57.7 Å². The quantitative estimate of drug-likeness (QED) is 0.772. The van der Waals surface area contributed by atoms with Crippen LogP contribution in [0.4, 0.5) is 0 Å². The van der Waals surface area contributed by atoms with Crippen LogP contribution in [0.3, 0.4) is 0 Å². The van der Waals surface area contributed by atoms with E-state index in [1.165, 1.54) is 49.7 Å². The molecule has 146 valence electrons. The smallest absolute Gasteiger partial charge is 0.106 e. The van der Waals surface area contributed by atoms with Crippen LogP contribution in [-0.2, 0) is 16.0 Å². The molecule has 0 unspecified atom stereocenters. The molecule has 3 aliphatic heterocycles. The number of hydrogen-bond donors (Lipinski definition) is 0. The van der Waals surface area contributed by atoms with Crippen LogP contribution in [-0.4, -0.2) is 43.1 Å². The first-order valence-corrected chi connectivity index (χ1v) is 10.1. The molecule has 0 N–H and O–H groups in total. The van der Waals surface area contributed by atoms with Gasteiger partial charge >= 0.3 is 0 Å². The number of carbonyl (C=O) groups excluding carboxylic acids is 1. The van der Waals surface area contributed by atoms with Crippen molar-refractivity contribution >= 4 is 23.9 Å². The molecule has 2 aromatic rings. The number of fused-ring (bicyclic) bond motifs is 3. The van der Waals surface area contributed by atoms with Crippen LogP contribution in [0.25, 0.3) is 17.1 Å². The molecule has 1 aromatic carbocycles. The molecule has 1 aromatic heterocycles. The van der Waals surface area contributed by atoms with Gasteiger partial charge in [-0.25, -0.2) is 0 Å². The van der Waals surface area contributed by atoms with Gasteiger partial charge in [0.25, 0.3) is 0 Å². The SMILES string of the molecule is C=O.CCOC.CC[C@@]12C=Cn3c4c(c5ccccc53)CCN(CCC1)[C@H]42. The highest BCUT2D eigenvalue weighted by atomic mass is 16.5. The highest BCUT2D eigenvalue weighted by Crippen LogP contribution is 2.55. The molecular weight excluding hydrogens is 336 g/mol. The first-order chi connectivity index (χ1) is 13.3. The minimum Gasteiger partial charge on any atom is -0.385 e. The minimum atomic E-state index is 0.373. The number of ether oxygens (including phenoxy) is 1. The van der Waals surface area contributed by atoms with E-state index in [-0.39, 0.29) is 0 Å². The van der Waals surface area contributed by atoms with Gasteiger partial charge in [0.15, 0.2) is 0 Å². The number of benzene rings is 1. The molecule has 0 saturated carbocycles. The molecule has 0 aliphatic carbocycles. The Hall–Kier alpha value is -1.91. The van der Waals surface area contributed by atoms with E-state index in [9.17, 15) is 0 Å². The lowest BCUT2D eigenvalue weighted by Crippen LogP contribution is -2.50. The summed E-state index contributed by atoms with van der Waals surface area (Å²) in [6.45, 7) is 9.67. The second kappa shape index (κ2) is 8.41. The van der Waals surface area contributed by atoms with Crippen molar-refractivity contribution in [2.45, 2.75) is 45.6 Å². The predicted molar refractivity (Wildman–Crippen MR) is 112 cm³/mol. The predicted octanol–water partition coefficient (Wildman–Crippen LogP) is 4.68. The Bertz CT molecular complexity index is 808. The van der Waals surface area contributed by atoms with E-state index < -0.39 is 0 Å². The lowest BCUT2D eigenvalue weighted by atomic mass is 9.67. The van der Waals surface area contributed by atoms with Crippen molar-refractivity contribution in [3.63, 3.8) is 0 Å². The first kappa shape index (κ1) is 19.8. The fraction of sp³-hybridized carbons (Fsp3) is 0.522. The molecule has 2 atom stereocenters. The van der Waals surface area contributed by atoms with E-state index >= 15 is 0 Å². The number of carbonyl (C=O) groups is 1. The van der Waals surface area contributed by atoms with Crippen molar-refractivity contribution in [2.75, 3.05) is 26.8 Å². The van der Waals surface area contributed by atoms with Crippen molar-refractivity contribution < 1.29 is 9.53 Å². The summed E-state index contributed by atoms with van der Waals surface area (Å²) in [6, 6.07) is 9.57. The van der Waals surface area contributed by atoms with E-state index in [1.807, 2.05) is 13.7 Å². The van der Waals surface area contributed by atoms with Crippen LogP contribution in [0.2, 0.25) is 0 Å². The Morgan fingerprint density at radius 2 is 1.96 bits per heavy atom. The number of nitrogens with zero attached hydrogens (tertiary/aromatic N) is 2. The van der Waals surface area contributed by atoms with E-state index in [0.29, 0.717) is 11.5 Å². The zero-order valence-corrected chi connectivity index (χ0v) is 16.9. The number of para-hydroxylation sites is 1. The molecule has 4 nitrogen and oxygen atoms in total. The summed E-state index contributed by atoms with van der Waals surface area (Å²) in [4.78, 5) is 10.8. The molecular formula is C23H32N2O2. The topological polar surface area (TPSA) is 34.5 Å². The molecule has 27 heavy (non-hydrogen) atoms. The monoisotopic (exact) mass is 368 g/mol. The maximum absolute atomic E-state index is 8.00. The van der Waals surface area contributed by atoms with Crippen LogP contribution in [0.15, 0.2) is 30.3 Å². The van der Waals surface area contributed by atoms with Gasteiger partial charge in [0, 0.05) is 43.0 Å². The molecule has 0 spiro atoms. The molecule has 0 radical (unpaired) electrons. The van der Waals surface area contributed by atoms with E-state index in [0.717, 1.165) is 6.61 Å². The Kier molecular flexibility index (Phi) is 6.18. The van der Waals surface area contributed by atoms with E-state index in [4.69, 9.17) is 4.79 Å². The van der Waals surface area contributed by atoms with Crippen LogP contribution in [0.5, 0.6) is 0 Å². The minimum absolute atomic E-state index is 0.373. The molecule has 0 amide bonds. The fourth-order valence-corrected chi connectivity index (χ4v) is 5.14. The fourth-order valence-electron chi connectivity index (χ4n) is 5.14. The second-order valence-corrected chi connectivity index (χ2v) is 7.52. The second-order valence-electron chi connectivity index (χ2n) is 7.52. The Balaban J connectivity index is 0.000000314. The highest BCUT2D eigenvalue weighted by Gasteiger charge is 2.48. The van der Waals surface area contributed by atoms with Gasteiger partial charge < -0.3 is 14.1 Å². The Morgan fingerprint density at radius 1 is 1.22 bits per heavy atom. The summed E-state index contributed by atoms with van der Waals surface area (Å²) < 4.78 is 7.03. The highest BCUT2D eigenvalue weighted by molar-refractivity contribution is 5.88. The number of hydrogen-bond acceptors (Lipinski definition) is 3. The number of piperidine rings is 1. The van der Waals surface area contributed by atoms with Gasteiger partial charge in [-0.2, -0.15) is 0 Å². The average Bonchev–Trinajstić information content (AvgIpc) is 3.09. The molecule has 1 fully saturated rings.